The smallest absolute Gasteiger partial charge is 0.416 e. The van der Waals surface area contributed by atoms with Crippen molar-refractivity contribution in [3.8, 4) is 5.75 Å². The van der Waals surface area contributed by atoms with Crippen LogP contribution in [0.1, 0.15) is 84.3 Å². The summed E-state index contributed by atoms with van der Waals surface area (Å²) in [5, 5.41) is 5.49. The maximum absolute atomic E-state index is 13.2. The minimum absolute atomic E-state index is 0.0170. The zero-order chi connectivity index (χ0) is 27.8. The maximum Gasteiger partial charge on any atom is 0.416 e. The van der Waals surface area contributed by atoms with Gasteiger partial charge < -0.3 is 20.3 Å². The number of nitrogens with one attached hydrogen (secondary N) is 2. The molecule has 2 aromatic rings. The molecule has 0 bridgehead atoms. The summed E-state index contributed by atoms with van der Waals surface area (Å²) in [5.74, 6) is -1.33. The van der Waals surface area contributed by atoms with Gasteiger partial charge in [-0.15, -0.1) is 0 Å². The normalized spacial score (nSPS) is 21.0. The van der Waals surface area contributed by atoms with E-state index in [4.69, 9.17) is 4.74 Å². The Balaban J connectivity index is 1.41. The number of rotatable bonds is 7. The number of hydrogen-bond acceptors (Lipinski definition) is 4. The fourth-order valence-corrected chi connectivity index (χ4v) is 4.91. The molecule has 2 aromatic carbocycles. The highest BCUT2D eigenvalue weighted by Crippen LogP contribution is 2.38. The molecule has 2 unspecified atom stereocenters. The third kappa shape index (κ3) is 5.63. The molecule has 1 saturated heterocycles. The minimum atomic E-state index is -4.65. The summed E-state index contributed by atoms with van der Waals surface area (Å²) in [6, 6.07) is 9.78. The third-order valence-corrected chi connectivity index (χ3v) is 7.46. The highest BCUT2D eigenvalue weighted by molar-refractivity contribution is 6.01. The number of alkyl halides is 3. The van der Waals surface area contributed by atoms with Crippen LogP contribution in [0.15, 0.2) is 42.5 Å². The number of halogens is 3. The molecule has 2 fully saturated rings. The van der Waals surface area contributed by atoms with Gasteiger partial charge in [-0.1, -0.05) is 12.1 Å². The fourth-order valence-electron chi connectivity index (χ4n) is 4.91. The van der Waals surface area contributed by atoms with Crippen LogP contribution >= 0.6 is 0 Å². The van der Waals surface area contributed by atoms with Gasteiger partial charge in [0.25, 0.3) is 11.8 Å². The first-order chi connectivity index (χ1) is 17.8. The van der Waals surface area contributed by atoms with Gasteiger partial charge in [-0.25, -0.2) is 0 Å². The number of hydrogen-bond donors (Lipinski definition) is 2. The predicted octanol–water partition coefficient (Wildman–Crippen LogP) is 4.87. The van der Waals surface area contributed by atoms with Gasteiger partial charge in [-0.05, 0) is 82.3 Å². The Kier molecular flexibility index (Phi) is 7.45. The van der Waals surface area contributed by atoms with Crippen LogP contribution in [-0.4, -0.2) is 47.4 Å². The fraction of sp³-hybridized carbons (Fsp3) is 0.464. The Morgan fingerprint density at radius 2 is 1.61 bits per heavy atom. The molecule has 0 aromatic heterocycles. The van der Waals surface area contributed by atoms with E-state index in [1.807, 2.05) is 18.7 Å². The topological polar surface area (TPSA) is 87.7 Å². The van der Waals surface area contributed by atoms with E-state index in [0.717, 1.165) is 30.5 Å². The first-order valence-corrected chi connectivity index (χ1v) is 12.7. The maximum atomic E-state index is 13.2. The van der Waals surface area contributed by atoms with Crippen molar-refractivity contribution in [3.63, 3.8) is 0 Å². The first-order valence-electron chi connectivity index (χ1n) is 12.7. The summed E-state index contributed by atoms with van der Waals surface area (Å²) in [4.78, 5) is 40.7. The number of amides is 3. The van der Waals surface area contributed by atoms with E-state index in [9.17, 15) is 27.6 Å². The standard InChI is InChI=1S/C28H32F3N3O4/c1-16-5-6-17(2)34(16)25(36)20-9-7-19(8-10-20)18(3)32-26(37)27(11-12-27)33-24(35)21-13-22(28(29,30)31)15-23(14-21)38-4/h7-10,13-18H,5-6,11-12H2,1-4H3,(H,32,37)(H,33,35)/t16?,17?,18-/m1/s1. The SMILES string of the molecule is COc1cc(C(=O)NC2(C(=O)N[C@H](C)c3ccc(C(=O)N4C(C)CCC4C)cc3)CC2)cc(C(F)(F)F)c1. The molecule has 1 saturated carbocycles. The molecule has 204 valence electrons. The van der Waals surface area contributed by atoms with Crippen molar-refractivity contribution < 1.29 is 32.3 Å². The second kappa shape index (κ2) is 10.3. The molecule has 3 amide bonds. The molecule has 0 spiro atoms. The van der Waals surface area contributed by atoms with Gasteiger partial charge in [0.05, 0.1) is 18.7 Å². The molecule has 1 heterocycles. The second-order valence-electron chi connectivity index (χ2n) is 10.3. The summed E-state index contributed by atoms with van der Waals surface area (Å²) >= 11 is 0. The summed E-state index contributed by atoms with van der Waals surface area (Å²) in [6.07, 6.45) is -1.96. The molecule has 1 aliphatic heterocycles. The van der Waals surface area contributed by atoms with Crippen molar-refractivity contribution in [2.45, 2.75) is 76.3 Å². The molecule has 7 nitrogen and oxygen atoms in total. The van der Waals surface area contributed by atoms with Crippen molar-refractivity contribution in [2.75, 3.05) is 7.11 Å². The van der Waals surface area contributed by atoms with E-state index in [0.29, 0.717) is 18.4 Å². The highest BCUT2D eigenvalue weighted by atomic mass is 19.4. The zero-order valence-electron chi connectivity index (χ0n) is 21.8. The Morgan fingerprint density at radius 3 is 2.13 bits per heavy atom. The van der Waals surface area contributed by atoms with Gasteiger partial charge in [0.2, 0.25) is 5.91 Å². The summed E-state index contributed by atoms with van der Waals surface area (Å²) in [5.41, 5.74) is -1.09. The van der Waals surface area contributed by atoms with Crippen LogP contribution in [0.5, 0.6) is 5.75 Å². The quantitative estimate of drug-likeness (QED) is 0.534. The van der Waals surface area contributed by atoms with Crippen molar-refractivity contribution >= 4 is 17.7 Å². The summed E-state index contributed by atoms with van der Waals surface area (Å²) < 4.78 is 44.6. The van der Waals surface area contributed by atoms with Gasteiger partial charge in [0.1, 0.15) is 11.3 Å². The molecule has 2 N–H and O–H groups in total. The minimum Gasteiger partial charge on any atom is -0.497 e. The lowest BCUT2D eigenvalue weighted by Crippen LogP contribution is -2.49. The lowest BCUT2D eigenvalue weighted by Gasteiger charge is -2.26. The lowest BCUT2D eigenvalue weighted by atomic mass is 10.0. The van der Waals surface area contributed by atoms with E-state index in [2.05, 4.69) is 10.6 Å². The average Bonchev–Trinajstić information content (AvgIpc) is 3.59. The van der Waals surface area contributed by atoms with E-state index in [1.165, 1.54) is 13.2 Å². The van der Waals surface area contributed by atoms with E-state index in [1.54, 1.807) is 31.2 Å². The molecular weight excluding hydrogens is 499 g/mol. The Morgan fingerprint density at radius 1 is 1.00 bits per heavy atom. The van der Waals surface area contributed by atoms with Crippen LogP contribution in [0.2, 0.25) is 0 Å². The van der Waals surface area contributed by atoms with Crippen LogP contribution < -0.4 is 15.4 Å². The van der Waals surface area contributed by atoms with Crippen LogP contribution in [0.3, 0.4) is 0 Å². The molecule has 2 aliphatic rings. The third-order valence-electron chi connectivity index (χ3n) is 7.46. The second-order valence-corrected chi connectivity index (χ2v) is 10.3. The average molecular weight is 532 g/mol. The monoisotopic (exact) mass is 531 g/mol. The first kappa shape index (κ1) is 27.5. The number of carbonyl (C=O) groups excluding carboxylic acids is 3. The highest BCUT2D eigenvalue weighted by Gasteiger charge is 2.51. The number of nitrogens with zero attached hydrogens (tertiary/aromatic N) is 1. The number of carbonyl (C=O) groups is 3. The van der Waals surface area contributed by atoms with Gasteiger partial charge in [0, 0.05) is 23.2 Å². The number of likely N-dealkylation sites (tertiary alicyclic amines) is 1. The number of benzene rings is 2. The van der Waals surface area contributed by atoms with Crippen molar-refractivity contribution in [2.24, 2.45) is 0 Å². The summed E-state index contributed by atoms with van der Waals surface area (Å²) in [6.45, 7) is 5.88. The molecule has 1 aliphatic carbocycles. The Labute approximate surface area is 219 Å². The molecule has 0 radical (unpaired) electrons. The van der Waals surface area contributed by atoms with Crippen LogP contribution in [0, 0.1) is 0 Å². The molecule has 10 heteroatoms. The van der Waals surface area contributed by atoms with Crippen LogP contribution in [0.25, 0.3) is 0 Å². The van der Waals surface area contributed by atoms with Crippen molar-refractivity contribution in [1.82, 2.24) is 15.5 Å². The number of methoxy groups -OCH3 is 1. The van der Waals surface area contributed by atoms with Gasteiger partial charge in [0.15, 0.2) is 0 Å². The Bertz CT molecular complexity index is 1210. The van der Waals surface area contributed by atoms with Gasteiger partial charge in [-0.3, -0.25) is 14.4 Å². The van der Waals surface area contributed by atoms with Gasteiger partial charge in [-0.2, -0.15) is 13.2 Å². The van der Waals surface area contributed by atoms with E-state index < -0.39 is 35.1 Å². The predicted molar refractivity (Wildman–Crippen MR) is 135 cm³/mol. The molecule has 3 atom stereocenters. The molecule has 4 rings (SSSR count). The molecule has 38 heavy (non-hydrogen) atoms. The van der Waals surface area contributed by atoms with Gasteiger partial charge >= 0.3 is 6.18 Å². The van der Waals surface area contributed by atoms with Crippen molar-refractivity contribution in [3.05, 3.63) is 64.7 Å². The largest absolute Gasteiger partial charge is 0.497 e. The Hall–Kier alpha value is -3.56. The zero-order valence-corrected chi connectivity index (χ0v) is 21.8. The van der Waals surface area contributed by atoms with Crippen molar-refractivity contribution in [1.29, 1.82) is 0 Å². The van der Waals surface area contributed by atoms with E-state index >= 15 is 0 Å². The van der Waals surface area contributed by atoms with E-state index in [-0.39, 0.29) is 29.3 Å². The lowest BCUT2D eigenvalue weighted by molar-refractivity contribution is -0.137. The summed E-state index contributed by atoms with van der Waals surface area (Å²) in [7, 11) is 1.21. The van der Waals surface area contributed by atoms with Crippen LogP contribution in [-0.2, 0) is 11.0 Å². The number of ether oxygens (including phenoxy) is 1. The van der Waals surface area contributed by atoms with Crippen LogP contribution in [0.4, 0.5) is 13.2 Å². The molecular formula is C28H32F3N3O4.